The molecular weight excluding hydrogens is 220 g/mol. The van der Waals surface area contributed by atoms with Gasteiger partial charge in [-0.25, -0.2) is 4.98 Å². The molecule has 0 amide bonds. The zero-order valence-electron chi connectivity index (χ0n) is 9.66. The molecule has 0 radical (unpaired) electrons. The van der Waals surface area contributed by atoms with Crippen LogP contribution in [-0.4, -0.2) is 18.1 Å². The van der Waals surface area contributed by atoms with E-state index in [9.17, 15) is 0 Å². The van der Waals surface area contributed by atoms with Crippen LogP contribution in [0.4, 0.5) is 0 Å². The summed E-state index contributed by atoms with van der Waals surface area (Å²) in [4.78, 5) is 5.86. The molecule has 1 aromatic heterocycles. The molecule has 88 valence electrons. The lowest BCUT2D eigenvalue weighted by atomic mass is 10.0. The molecule has 4 heteroatoms. The molecule has 16 heavy (non-hydrogen) atoms. The fraction of sp³-hybridized carbons (Fsp3) is 0.750. The van der Waals surface area contributed by atoms with Crippen molar-refractivity contribution in [3.63, 3.8) is 0 Å². The highest BCUT2D eigenvalue weighted by molar-refractivity contribution is 7.11. The molecule has 2 unspecified atom stereocenters. The molecule has 2 aliphatic rings. The lowest BCUT2D eigenvalue weighted by Crippen LogP contribution is -2.17. The predicted molar refractivity (Wildman–Crippen MR) is 64.6 cm³/mol. The third kappa shape index (κ3) is 1.79. The van der Waals surface area contributed by atoms with Crippen LogP contribution in [0.1, 0.15) is 48.5 Å². The first-order chi connectivity index (χ1) is 7.78. The monoisotopic (exact) mass is 238 g/mol. The summed E-state index contributed by atoms with van der Waals surface area (Å²) < 4.78 is 5.85. The topological polar surface area (TPSA) is 34.2 Å². The highest BCUT2D eigenvalue weighted by atomic mass is 32.1. The van der Waals surface area contributed by atoms with Gasteiger partial charge >= 0.3 is 0 Å². The van der Waals surface area contributed by atoms with Gasteiger partial charge < -0.3 is 10.1 Å². The van der Waals surface area contributed by atoms with E-state index in [0.29, 0.717) is 6.04 Å². The summed E-state index contributed by atoms with van der Waals surface area (Å²) in [5, 5.41) is 4.74. The SMILES string of the molecule is CC1(c2cnc(C3CCCN3)s2)CCCO1. The summed E-state index contributed by atoms with van der Waals surface area (Å²) >= 11 is 1.83. The van der Waals surface area contributed by atoms with Crippen LogP contribution in [0.5, 0.6) is 0 Å². The Kier molecular flexibility index (Phi) is 2.73. The Hall–Kier alpha value is -0.450. The predicted octanol–water partition coefficient (Wildman–Crippen LogP) is 2.59. The van der Waals surface area contributed by atoms with Crippen LogP contribution in [0.2, 0.25) is 0 Å². The van der Waals surface area contributed by atoms with Gasteiger partial charge in [-0.1, -0.05) is 0 Å². The van der Waals surface area contributed by atoms with Crippen molar-refractivity contribution < 1.29 is 4.74 Å². The molecule has 3 rings (SSSR count). The summed E-state index contributed by atoms with van der Waals surface area (Å²) in [5.74, 6) is 0. The minimum Gasteiger partial charge on any atom is -0.370 e. The zero-order valence-corrected chi connectivity index (χ0v) is 10.5. The minimum absolute atomic E-state index is 0.0610. The number of ether oxygens (including phenoxy) is 1. The van der Waals surface area contributed by atoms with Crippen molar-refractivity contribution in [1.29, 1.82) is 0 Å². The van der Waals surface area contributed by atoms with Crippen LogP contribution in [-0.2, 0) is 10.3 Å². The Bertz CT molecular complexity index is 365. The Morgan fingerprint density at radius 1 is 1.56 bits per heavy atom. The molecule has 0 saturated carbocycles. The summed E-state index contributed by atoms with van der Waals surface area (Å²) in [6.45, 7) is 4.22. The summed E-state index contributed by atoms with van der Waals surface area (Å²) in [7, 11) is 0. The standard InChI is InChI=1S/C12H18N2OS/c1-12(5-3-7-15-12)10-8-14-11(16-10)9-4-2-6-13-9/h8-9,13H,2-7H2,1H3. The normalized spacial score (nSPS) is 34.7. The van der Waals surface area contributed by atoms with Gasteiger partial charge in [-0.2, -0.15) is 0 Å². The van der Waals surface area contributed by atoms with E-state index in [2.05, 4.69) is 17.2 Å². The van der Waals surface area contributed by atoms with E-state index >= 15 is 0 Å². The maximum atomic E-state index is 5.85. The van der Waals surface area contributed by atoms with Gasteiger partial charge in [0.2, 0.25) is 0 Å². The second-order valence-electron chi connectivity index (χ2n) is 4.89. The van der Waals surface area contributed by atoms with Crippen LogP contribution in [0, 0.1) is 0 Å². The van der Waals surface area contributed by atoms with E-state index in [-0.39, 0.29) is 5.60 Å². The zero-order chi connectivity index (χ0) is 11.0. The summed E-state index contributed by atoms with van der Waals surface area (Å²) in [6, 6.07) is 0.490. The second kappa shape index (κ2) is 4.09. The summed E-state index contributed by atoms with van der Waals surface area (Å²) in [5.41, 5.74) is -0.0610. The largest absolute Gasteiger partial charge is 0.370 e. The van der Waals surface area contributed by atoms with Gasteiger partial charge in [0, 0.05) is 12.8 Å². The lowest BCUT2D eigenvalue weighted by molar-refractivity contribution is 0.0197. The highest BCUT2D eigenvalue weighted by Gasteiger charge is 2.34. The molecule has 0 aromatic carbocycles. The number of hydrogen-bond donors (Lipinski definition) is 1. The molecule has 2 saturated heterocycles. The molecule has 2 fully saturated rings. The van der Waals surface area contributed by atoms with E-state index in [1.54, 1.807) is 0 Å². The number of hydrogen-bond acceptors (Lipinski definition) is 4. The van der Waals surface area contributed by atoms with Crippen molar-refractivity contribution in [3.8, 4) is 0 Å². The van der Waals surface area contributed by atoms with Crippen LogP contribution in [0.3, 0.4) is 0 Å². The van der Waals surface area contributed by atoms with Gasteiger partial charge in [-0.3, -0.25) is 0 Å². The molecular formula is C12H18N2OS. The third-order valence-electron chi connectivity index (χ3n) is 3.62. The molecule has 1 aromatic rings. The van der Waals surface area contributed by atoms with Crippen molar-refractivity contribution in [3.05, 3.63) is 16.1 Å². The van der Waals surface area contributed by atoms with Crippen molar-refractivity contribution in [2.24, 2.45) is 0 Å². The number of nitrogens with zero attached hydrogens (tertiary/aromatic N) is 1. The number of nitrogens with one attached hydrogen (secondary N) is 1. The van der Waals surface area contributed by atoms with Gasteiger partial charge in [-0.15, -0.1) is 11.3 Å². The Balaban J connectivity index is 1.81. The number of thiazole rings is 1. The van der Waals surface area contributed by atoms with Gasteiger partial charge in [0.1, 0.15) is 10.6 Å². The highest BCUT2D eigenvalue weighted by Crippen LogP contribution is 2.40. The maximum absolute atomic E-state index is 5.85. The van der Waals surface area contributed by atoms with E-state index in [0.717, 1.165) is 19.6 Å². The van der Waals surface area contributed by atoms with Crippen molar-refractivity contribution in [2.45, 2.75) is 44.2 Å². The third-order valence-corrected chi connectivity index (χ3v) is 4.98. The fourth-order valence-electron chi connectivity index (χ4n) is 2.56. The maximum Gasteiger partial charge on any atom is 0.110 e. The second-order valence-corrected chi connectivity index (χ2v) is 5.96. The first-order valence-corrected chi connectivity index (χ1v) is 6.93. The molecule has 0 spiro atoms. The molecule has 3 nitrogen and oxygen atoms in total. The lowest BCUT2D eigenvalue weighted by Gasteiger charge is -2.20. The quantitative estimate of drug-likeness (QED) is 0.860. The van der Waals surface area contributed by atoms with Crippen molar-refractivity contribution >= 4 is 11.3 Å². The average Bonchev–Trinajstić information content (AvgIpc) is 2.98. The van der Waals surface area contributed by atoms with Gasteiger partial charge in [0.25, 0.3) is 0 Å². The molecule has 1 N–H and O–H groups in total. The van der Waals surface area contributed by atoms with Crippen molar-refractivity contribution in [2.75, 3.05) is 13.2 Å². The smallest absolute Gasteiger partial charge is 0.110 e. The van der Waals surface area contributed by atoms with Crippen LogP contribution < -0.4 is 5.32 Å². The average molecular weight is 238 g/mol. The van der Waals surface area contributed by atoms with Crippen LogP contribution in [0.15, 0.2) is 6.20 Å². The van der Waals surface area contributed by atoms with E-state index in [4.69, 9.17) is 4.74 Å². The fourth-order valence-corrected chi connectivity index (χ4v) is 3.72. The van der Waals surface area contributed by atoms with E-state index < -0.39 is 0 Å². The molecule has 2 atom stereocenters. The first kappa shape index (κ1) is 10.7. The number of rotatable bonds is 2. The van der Waals surface area contributed by atoms with Gasteiger partial charge in [0.05, 0.1) is 10.9 Å². The van der Waals surface area contributed by atoms with Gasteiger partial charge in [-0.05, 0) is 39.2 Å². The number of aromatic nitrogens is 1. The first-order valence-electron chi connectivity index (χ1n) is 6.11. The minimum atomic E-state index is -0.0610. The van der Waals surface area contributed by atoms with Crippen molar-refractivity contribution in [1.82, 2.24) is 10.3 Å². The van der Waals surface area contributed by atoms with Crippen LogP contribution >= 0.6 is 11.3 Å². The van der Waals surface area contributed by atoms with Gasteiger partial charge in [0.15, 0.2) is 0 Å². The van der Waals surface area contributed by atoms with Crippen LogP contribution in [0.25, 0.3) is 0 Å². The van der Waals surface area contributed by atoms with E-state index in [1.165, 1.54) is 29.1 Å². The Morgan fingerprint density at radius 2 is 2.50 bits per heavy atom. The molecule has 2 aliphatic heterocycles. The Labute approximate surface area is 100 Å². The Morgan fingerprint density at radius 3 is 3.19 bits per heavy atom. The molecule has 3 heterocycles. The molecule has 0 bridgehead atoms. The molecule has 0 aliphatic carbocycles. The summed E-state index contributed by atoms with van der Waals surface area (Å²) in [6.07, 6.45) is 6.82. The van der Waals surface area contributed by atoms with E-state index in [1.807, 2.05) is 17.5 Å².